The van der Waals surface area contributed by atoms with Gasteiger partial charge in [0.05, 0.1) is 11.4 Å². The first-order valence-corrected chi connectivity index (χ1v) is 5.13. The van der Waals surface area contributed by atoms with Gasteiger partial charge in [-0.05, 0) is 24.3 Å². The minimum atomic E-state index is -0.818. The standard InChI is InChI=1S/C13H9F4N/c1-18(12-4-2-8(14)6-10(12)16)13-5-3-9(15)7-11(13)17/h2-7H,1H3. The maximum absolute atomic E-state index is 13.5. The fourth-order valence-corrected chi connectivity index (χ4v) is 1.64. The number of benzene rings is 2. The van der Waals surface area contributed by atoms with E-state index in [9.17, 15) is 17.6 Å². The molecule has 2 aromatic carbocycles. The van der Waals surface area contributed by atoms with Gasteiger partial charge in [-0.15, -0.1) is 0 Å². The molecule has 94 valence electrons. The Morgan fingerprint density at radius 1 is 0.722 bits per heavy atom. The van der Waals surface area contributed by atoms with Crippen LogP contribution in [0.2, 0.25) is 0 Å². The van der Waals surface area contributed by atoms with Crippen molar-refractivity contribution >= 4 is 11.4 Å². The maximum atomic E-state index is 13.5. The average molecular weight is 255 g/mol. The summed E-state index contributed by atoms with van der Waals surface area (Å²) in [7, 11) is 1.41. The van der Waals surface area contributed by atoms with Gasteiger partial charge in [-0.2, -0.15) is 0 Å². The largest absolute Gasteiger partial charge is 0.340 e. The van der Waals surface area contributed by atoms with Crippen molar-refractivity contribution in [1.82, 2.24) is 0 Å². The molecule has 18 heavy (non-hydrogen) atoms. The van der Waals surface area contributed by atoms with E-state index in [0.717, 1.165) is 12.1 Å². The van der Waals surface area contributed by atoms with Gasteiger partial charge in [0, 0.05) is 19.2 Å². The Morgan fingerprint density at radius 3 is 1.44 bits per heavy atom. The van der Waals surface area contributed by atoms with Crippen molar-refractivity contribution < 1.29 is 17.6 Å². The highest BCUT2D eigenvalue weighted by molar-refractivity contribution is 5.63. The molecular weight excluding hydrogens is 246 g/mol. The van der Waals surface area contributed by atoms with Crippen LogP contribution in [0.15, 0.2) is 36.4 Å². The van der Waals surface area contributed by atoms with Gasteiger partial charge in [0.2, 0.25) is 0 Å². The molecule has 0 fully saturated rings. The van der Waals surface area contributed by atoms with Gasteiger partial charge in [0.25, 0.3) is 0 Å². The summed E-state index contributed by atoms with van der Waals surface area (Å²) in [5.74, 6) is -3.07. The summed E-state index contributed by atoms with van der Waals surface area (Å²) in [6.45, 7) is 0. The summed E-state index contributed by atoms with van der Waals surface area (Å²) in [5, 5.41) is 0. The van der Waals surface area contributed by atoms with E-state index in [-0.39, 0.29) is 11.4 Å². The van der Waals surface area contributed by atoms with Crippen LogP contribution in [-0.2, 0) is 0 Å². The van der Waals surface area contributed by atoms with Crippen molar-refractivity contribution in [3.8, 4) is 0 Å². The van der Waals surface area contributed by atoms with Gasteiger partial charge >= 0.3 is 0 Å². The second kappa shape index (κ2) is 4.68. The van der Waals surface area contributed by atoms with Crippen LogP contribution in [0, 0.1) is 23.3 Å². The SMILES string of the molecule is CN(c1ccc(F)cc1F)c1ccc(F)cc1F. The Balaban J connectivity index is 2.44. The molecule has 0 heterocycles. The van der Waals surface area contributed by atoms with E-state index in [1.165, 1.54) is 24.1 Å². The van der Waals surface area contributed by atoms with Crippen LogP contribution in [0.4, 0.5) is 28.9 Å². The molecule has 0 bridgehead atoms. The lowest BCUT2D eigenvalue weighted by molar-refractivity contribution is 0.577. The van der Waals surface area contributed by atoms with Gasteiger partial charge < -0.3 is 4.90 Å². The minimum Gasteiger partial charge on any atom is -0.340 e. The second-order valence-electron chi connectivity index (χ2n) is 3.75. The molecule has 0 aliphatic carbocycles. The predicted octanol–water partition coefficient (Wildman–Crippen LogP) is 4.01. The van der Waals surface area contributed by atoms with E-state index in [2.05, 4.69) is 0 Å². The van der Waals surface area contributed by atoms with Crippen LogP contribution in [0.25, 0.3) is 0 Å². The van der Waals surface area contributed by atoms with Crippen LogP contribution in [-0.4, -0.2) is 7.05 Å². The molecule has 0 radical (unpaired) electrons. The molecule has 0 saturated carbocycles. The number of nitrogens with zero attached hydrogens (tertiary/aromatic N) is 1. The van der Waals surface area contributed by atoms with E-state index < -0.39 is 23.3 Å². The monoisotopic (exact) mass is 255 g/mol. The Morgan fingerprint density at radius 2 is 1.11 bits per heavy atom. The molecule has 0 atom stereocenters. The molecular formula is C13H9F4N. The Hall–Kier alpha value is -2.04. The number of halogens is 4. The second-order valence-corrected chi connectivity index (χ2v) is 3.75. The van der Waals surface area contributed by atoms with Crippen LogP contribution in [0.3, 0.4) is 0 Å². The maximum Gasteiger partial charge on any atom is 0.149 e. The van der Waals surface area contributed by atoms with Gasteiger partial charge in [-0.1, -0.05) is 0 Å². The number of rotatable bonds is 2. The first kappa shape index (κ1) is 12.4. The van der Waals surface area contributed by atoms with Gasteiger partial charge in [0.15, 0.2) is 0 Å². The van der Waals surface area contributed by atoms with E-state index in [4.69, 9.17) is 0 Å². The molecule has 0 aromatic heterocycles. The van der Waals surface area contributed by atoms with Crippen LogP contribution in [0.1, 0.15) is 0 Å². The fraction of sp³-hybridized carbons (Fsp3) is 0.0769. The van der Waals surface area contributed by atoms with Crippen molar-refractivity contribution in [1.29, 1.82) is 0 Å². The molecule has 2 aromatic rings. The summed E-state index contributed by atoms with van der Waals surface area (Å²) in [4.78, 5) is 1.18. The molecule has 5 heteroatoms. The summed E-state index contributed by atoms with van der Waals surface area (Å²) in [5.41, 5.74) is 0.00353. The van der Waals surface area contributed by atoms with E-state index >= 15 is 0 Å². The number of anilines is 2. The predicted molar refractivity (Wildman–Crippen MR) is 60.8 cm³/mol. The molecule has 0 saturated heterocycles. The quantitative estimate of drug-likeness (QED) is 0.733. The zero-order valence-electron chi connectivity index (χ0n) is 9.42. The third-order valence-electron chi connectivity index (χ3n) is 2.54. The number of hydrogen-bond acceptors (Lipinski definition) is 1. The first-order chi connectivity index (χ1) is 8.49. The van der Waals surface area contributed by atoms with Crippen molar-refractivity contribution in [2.75, 3.05) is 11.9 Å². The Bertz CT molecular complexity index is 532. The lowest BCUT2D eigenvalue weighted by atomic mass is 10.2. The Labute approximate surface area is 101 Å². The average Bonchev–Trinajstić information content (AvgIpc) is 2.28. The molecule has 0 aliphatic heterocycles. The topological polar surface area (TPSA) is 3.24 Å². The smallest absolute Gasteiger partial charge is 0.149 e. The van der Waals surface area contributed by atoms with Crippen LogP contribution in [0.5, 0.6) is 0 Å². The summed E-state index contributed by atoms with van der Waals surface area (Å²) >= 11 is 0. The Kier molecular flexibility index (Phi) is 3.23. The van der Waals surface area contributed by atoms with E-state index in [1.54, 1.807) is 0 Å². The van der Waals surface area contributed by atoms with Crippen molar-refractivity contribution in [2.24, 2.45) is 0 Å². The van der Waals surface area contributed by atoms with Gasteiger partial charge in [-0.3, -0.25) is 0 Å². The van der Waals surface area contributed by atoms with Crippen molar-refractivity contribution in [2.45, 2.75) is 0 Å². The van der Waals surface area contributed by atoms with Crippen molar-refractivity contribution in [3.05, 3.63) is 59.7 Å². The first-order valence-electron chi connectivity index (χ1n) is 5.13. The highest BCUT2D eigenvalue weighted by atomic mass is 19.1. The molecule has 0 unspecified atom stereocenters. The zero-order valence-corrected chi connectivity index (χ0v) is 9.42. The highest BCUT2D eigenvalue weighted by Gasteiger charge is 2.14. The van der Waals surface area contributed by atoms with Crippen molar-refractivity contribution in [3.63, 3.8) is 0 Å². The molecule has 2 rings (SSSR count). The van der Waals surface area contributed by atoms with E-state index in [1.807, 2.05) is 0 Å². The molecule has 0 spiro atoms. The van der Waals surface area contributed by atoms with Gasteiger partial charge in [0.1, 0.15) is 23.3 Å². The fourth-order valence-electron chi connectivity index (χ4n) is 1.64. The lowest BCUT2D eigenvalue weighted by Crippen LogP contribution is -2.13. The summed E-state index contributed by atoms with van der Waals surface area (Å²) < 4.78 is 52.6. The van der Waals surface area contributed by atoms with Gasteiger partial charge in [-0.25, -0.2) is 17.6 Å². The third kappa shape index (κ3) is 2.30. The molecule has 1 nitrogen and oxygen atoms in total. The van der Waals surface area contributed by atoms with Crippen LogP contribution >= 0.6 is 0 Å². The minimum absolute atomic E-state index is 0.00177. The lowest BCUT2D eigenvalue weighted by Gasteiger charge is -2.20. The molecule has 0 amide bonds. The molecule has 0 N–H and O–H groups in total. The van der Waals surface area contributed by atoms with E-state index in [0.29, 0.717) is 12.1 Å². The highest BCUT2D eigenvalue weighted by Crippen LogP contribution is 2.28. The zero-order chi connectivity index (χ0) is 13.3. The summed E-state index contributed by atoms with van der Waals surface area (Å²) in [6, 6.07) is 5.91. The van der Waals surface area contributed by atoms with Crippen LogP contribution < -0.4 is 4.90 Å². The summed E-state index contributed by atoms with van der Waals surface area (Å²) in [6.07, 6.45) is 0. The normalized spacial score (nSPS) is 10.5. The molecule has 0 aliphatic rings. The number of hydrogen-bond donors (Lipinski definition) is 0. The third-order valence-corrected chi connectivity index (χ3v) is 2.54.